The van der Waals surface area contributed by atoms with Crippen LogP contribution in [-0.2, 0) is 0 Å². The van der Waals surface area contributed by atoms with Gasteiger partial charge >= 0.3 is 0 Å². The van der Waals surface area contributed by atoms with Crippen molar-refractivity contribution >= 4 is 16.7 Å². The van der Waals surface area contributed by atoms with Gasteiger partial charge in [-0.05, 0) is 29.7 Å². The van der Waals surface area contributed by atoms with Gasteiger partial charge in [-0.2, -0.15) is 0 Å². The van der Waals surface area contributed by atoms with Gasteiger partial charge in [0, 0.05) is 18.5 Å². The normalized spacial score (nSPS) is 11.1. The fraction of sp³-hybridized carbons (Fsp3) is 0.308. The van der Waals surface area contributed by atoms with Crippen LogP contribution in [0.25, 0.3) is 10.9 Å². The van der Waals surface area contributed by atoms with E-state index in [0.29, 0.717) is 11.4 Å². The standard InChI is InChI=1S/C13H15FN2/c1-8(2)11-6-9-4-5-10(14)7-12(9)16-13(11)15-3/h4-8H,1-3H3,(H,15,16). The molecule has 1 heterocycles. The van der Waals surface area contributed by atoms with E-state index in [-0.39, 0.29) is 5.82 Å². The summed E-state index contributed by atoms with van der Waals surface area (Å²) in [4.78, 5) is 4.42. The molecule has 0 spiro atoms. The summed E-state index contributed by atoms with van der Waals surface area (Å²) in [6.07, 6.45) is 0. The predicted octanol–water partition coefficient (Wildman–Crippen LogP) is 3.54. The van der Waals surface area contributed by atoms with E-state index in [0.717, 1.165) is 16.8 Å². The first-order valence-electron chi connectivity index (χ1n) is 5.39. The maximum Gasteiger partial charge on any atom is 0.129 e. The van der Waals surface area contributed by atoms with Crippen molar-refractivity contribution in [3.63, 3.8) is 0 Å². The minimum atomic E-state index is -0.251. The van der Waals surface area contributed by atoms with Crippen molar-refractivity contribution in [2.24, 2.45) is 0 Å². The Hall–Kier alpha value is -1.64. The summed E-state index contributed by atoms with van der Waals surface area (Å²) in [5.74, 6) is 0.969. The van der Waals surface area contributed by atoms with Gasteiger partial charge < -0.3 is 5.32 Å². The van der Waals surface area contributed by atoms with E-state index in [4.69, 9.17) is 0 Å². The Morgan fingerprint density at radius 2 is 2.00 bits per heavy atom. The minimum Gasteiger partial charge on any atom is -0.373 e. The number of rotatable bonds is 2. The number of nitrogens with zero attached hydrogens (tertiary/aromatic N) is 1. The average molecular weight is 218 g/mol. The summed E-state index contributed by atoms with van der Waals surface area (Å²) in [5, 5.41) is 4.03. The van der Waals surface area contributed by atoms with Gasteiger partial charge in [0.05, 0.1) is 5.52 Å². The van der Waals surface area contributed by atoms with E-state index in [2.05, 4.69) is 30.2 Å². The molecule has 0 atom stereocenters. The van der Waals surface area contributed by atoms with Crippen LogP contribution in [0.4, 0.5) is 10.2 Å². The second-order valence-electron chi connectivity index (χ2n) is 4.17. The maximum atomic E-state index is 13.1. The van der Waals surface area contributed by atoms with E-state index in [9.17, 15) is 4.39 Å². The van der Waals surface area contributed by atoms with Crippen molar-refractivity contribution in [2.45, 2.75) is 19.8 Å². The van der Waals surface area contributed by atoms with Gasteiger partial charge in [0.15, 0.2) is 0 Å². The van der Waals surface area contributed by atoms with Crippen LogP contribution in [0.1, 0.15) is 25.3 Å². The molecule has 2 nitrogen and oxygen atoms in total. The minimum absolute atomic E-state index is 0.251. The molecular weight excluding hydrogens is 203 g/mol. The topological polar surface area (TPSA) is 24.9 Å². The van der Waals surface area contributed by atoms with Crippen molar-refractivity contribution < 1.29 is 4.39 Å². The molecule has 0 radical (unpaired) electrons. The molecular formula is C13H15FN2. The van der Waals surface area contributed by atoms with Crippen LogP contribution in [0, 0.1) is 5.82 Å². The molecule has 1 aromatic heterocycles. The van der Waals surface area contributed by atoms with Gasteiger partial charge in [-0.3, -0.25) is 0 Å². The highest BCUT2D eigenvalue weighted by molar-refractivity contribution is 5.82. The monoisotopic (exact) mass is 218 g/mol. The zero-order chi connectivity index (χ0) is 11.7. The summed E-state index contributed by atoms with van der Waals surface area (Å²) in [5.41, 5.74) is 1.84. The van der Waals surface area contributed by atoms with Gasteiger partial charge in [0.2, 0.25) is 0 Å². The number of pyridine rings is 1. The zero-order valence-electron chi connectivity index (χ0n) is 9.71. The lowest BCUT2D eigenvalue weighted by Gasteiger charge is -2.12. The molecule has 84 valence electrons. The third kappa shape index (κ3) is 1.85. The quantitative estimate of drug-likeness (QED) is 0.834. The molecule has 0 saturated heterocycles. The molecule has 0 bridgehead atoms. The van der Waals surface area contributed by atoms with Crippen LogP contribution in [-0.4, -0.2) is 12.0 Å². The smallest absolute Gasteiger partial charge is 0.129 e. The number of nitrogens with one attached hydrogen (secondary N) is 1. The molecule has 1 N–H and O–H groups in total. The molecule has 0 aliphatic carbocycles. The average Bonchev–Trinajstić information content (AvgIpc) is 2.26. The Morgan fingerprint density at radius 1 is 1.25 bits per heavy atom. The Labute approximate surface area is 94.5 Å². The summed E-state index contributed by atoms with van der Waals surface area (Å²) >= 11 is 0. The number of fused-ring (bicyclic) bond motifs is 1. The molecule has 0 aliphatic rings. The molecule has 0 aliphatic heterocycles. The van der Waals surface area contributed by atoms with Gasteiger partial charge in [-0.25, -0.2) is 9.37 Å². The first-order chi connectivity index (χ1) is 7.61. The van der Waals surface area contributed by atoms with E-state index in [1.807, 2.05) is 7.05 Å². The van der Waals surface area contributed by atoms with Crippen molar-refractivity contribution in [1.29, 1.82) is 0 Å². The largest absolute Gasteiger partial charge is 0.373 e. The fourth-order valence-corrected chi connectivity index (χ4v) is 1.80. The van der Waals surface area contributed by atoms with Crippen LogP contribution in [0.3, 0.4) is 0 Å². The molecule has 2 rings (SSSR count). The number of hydrogen-bond donors (Lipinski definition) is 1. The van der Waals surface area contributed by atoms with E-state index >= 15 is 0 Å². The second kappa shape index (κ2) is 4.08. The van der Waals surface area contributed by atoms with Crippen molar-refractivity contribution in [1.82, 2.24) is 4.98 Å². The van der Waals surface area contributed by atoms with Gasteiger partial charge in [0.25, 0.3) is 0 Å². The molecule has 1 aromatic carbocycles. The number of halogens is 1. The molecule has 16 heavy (non-hydrogen) atoms. The third-order valence-electron chi connectivity index (χ3n) is 2.67. The van der Waals surface area contributed by atoms with Crippen LogP contribution >= 0.6 is 0 Å². The number of benzene rings is 1. The summed E-state index contributed by atoms with van der Waals surface area (Å²) in [6.45, 7) is 4.24. The first-order valence-corrected chi connectivity index (χ1v) is 5.39. The Bertz CT molecular complexity index is 521. The molecule has 0 unspecified atom stereocenters. The van der Waals surface area contributed by atoms with E-state index < -0.39 is 0 Å². The lowest BCUT2D eigenvalue weighted by molar-refractivity contribution is 0.629. The van der Waals surface area contributed by atoms with Crippen molar-refractivity contribution in [3.8, 4) is 0 Å². The second-order valence-corrected chi connectivity index (χ2v) is 4.17. The zero-order valence-corrected chi connectivity index (χ0v) is 9.71. The SMILES string of the molecule is CNc1nc2cc(F)ccc2cc1C(C)C. The Balaban J connectivity index is 2.70. The van der Waals surface area contributed by atoms with Gasteiger partial charge in [0.1, 0.15) is 11.6 Å². The highest BCUT2D eigenvalue weighted by atomic mass is 19.1. The van der Waals surface area contributed by atoms with Gasteiger partial charge in [-0.15, -0.1) is 0 Å². The van der Waals surface area contributed by atoms with Crippen molar-refractivity contribution in [2.75, 3.05) is 12.4 Å². The molecule has 0 fully saturated rings. The molecule has 3 heteroatoms. The highest BCUT2D eigenvalue weighted by Crippen LogP contribution is 2.26. The van der Waals surface area contributed by atoms with E-state index in [1.54, 1.807) is 6.07 Å². The lowest BCUT2D eigenvalue weighted by atomic mass is 10.0. The van der Waals surface area contributed by atoms with Crippen molar-refractivity contribution in [3.05, 3.63) is 35.6 Å². The summed E-state index contributed by atoms with van der Waals surface area (Å²) < 4.78 is 13.1. The Morgan fingerprint density at radius 3 is 2.62 bits per heavy atom. The number of hydrogen-bond acceptors (Lipinski definition) is 2. The first kappa shape index (κ1) is 10.9. The molecule has 0 saturated carbocycles. The number of aromatic nitrogens is 1. The number of anilines is 1. The fourth-order valence-electron chi connectivity index (χ4n) is 1.80. The summed E-state index contributed by atoms with van der Waals surface area (Å²) in [6, 6.07) is 6.76. The molecule has 2 aromatic rings. The Kier molecular flexibility index (Phi) is 2.77. The van der Waals surface area contributed by atoms with Crippen LogP contribution in [0.15, 0.2) is 24.3 Å². The molecule has 0 amide bonds. The predicted molar refractivity (Wildman–Crippen MR) is 65.3 cm³/mol. The van der Waals surface area contributed by atoms with Gasteiger partial charge in [-0.1, -0.05) is 13.8 Å². The summed E-state index contributed by atoms with van der Waals surface area (Å²) in [7, 11) is 1.83. The van der Waals surface area contributed by atoms with E-state index in [1.165, 1.54) is 12.1 Å². The lowest BCUT2D eigenvalue weighted by Crippen LogP contribution is -2.00. The maximum absolute atomic E-state index is 13.1. The van der Waals surface area contributed by atoms with Crippen LogP contribution in [0.5, 0.6) is 0 Å². The highest BCUT2D eigenvalue weighted by Gasteiger charge is 2.09. The van der Waals surface area contributed by atoms with Crippen LogP contribution in [0.2, 0.25) is 0 Å². The third-order valence-corrected chi connectivity index (χ3v) is 2.67. The van der Waals surface area contributed by atoms with Crippen LogP contribution < -0.4 is 5.32 Å².